The average Bonchev–Trinajstić information content (AvgIpc) is 2.92. The first-order valence-corrected chi connectivity index (χ1v) is 7.45. The summed E-state index contributed by atoms with van der Waals surface area (Å²) in [7, 11) is 0. The Balaban J connectivity index is 2.01. The Bertz CT molecular complexity index is 545. The van der Waals surface area contributed by atoms with E-state index < -0.39 is 0 Å². The summed E-state index contributed by atoms with van der Waals surface area (Å²) in [5.41, 5.74) is 0.883. The van der Waals surface area contributed by atoms with E-state index in [1.807, 2.05) is 24.3 Å². The number of hydrogen-bond donors (Lipinski definition) is 2. The highest BCUT2D eigenvalue weighted by atomic mass is 79.9. The van der Waals surface area contributed by atoms with Gasteiger partial charge in [0, 0.05) is 17.1 Å². The summed E-state index contributed by atoms with van der Waals surface area (Å²) in [6.45, 7) is 2.77. The fourth-order valence-electron chi connectivity index (χ4n) is 1.91. The molecule has 2 aromatic rings. The van der Waals surface area contributed by atoms with Crippen LogP contribution < -0.4 is 5.32 Å². The van der Waals surface area contributed by atoms with Crippen molar-refractivity contribution in [2.75, 3.05) is 6.61 Å². The Morgan fingerprint density at radius 1 is 1.35 bits per heavy atom. The predicted molar refractivity (Wildman–Crippen MR) is 80.1 cm³/mol. The van der Waals surface area contributed by atoms with Crippen LogP contribution in [0.2, 0.25) is 0 Å². The number of aliphatic hydroxyl groups is 1. The zero-order valence-electron chi connectivity index (χ0n) is 11.3. The van der Waals surface area contributed by atoms with Crippen molar-refractivity contribution in [3.63, 3.8) is 0 Å². The molecule has 2 rings (SSSR count). The van der Waals surface area contributed by atoms with Crippen molar-refractivity contribution in [2.45, 2.75) is 32.4 Å². The topological polar surface area (TPSA) is 71.2 Å². The van der Waals surface area contributed by atoms with Crippen molar-refractivity contribution in [1.29, 1.82) is 0 Å². The third kappa shape index (κ3) is 3.88. The van der Waals surface area contributed by atoms with Crippen LogP contribution in [0.25, 0.3) is 11.5 Å². The number of aliphatic hydroxyl groups excluding tert-OH is 1. The van der Waals surface area contributed by atoms with Gasteiger partial charge in [0.1, 0.15) is 0 Å². The first kappa shape index (κ1) is 15.2. The highest BCUT2D eigenvalue weighted by Crippen LogP contribution is 2.26. The van der Waals surface area contributed by atoms with Crippen LogP contribution in [0.15, 0.2) is 33.2 Å². The molecular weight excluding hydrogens is 322 g/mol. The second-order valence-electron chi connectivity index (χ2n) is 4.48. The quantitative estimate of drug-likeness (QED) is 0.811. The molecule has 6 heteroatoms. The molecule has 1 unspecified atom stereocenters. The molecule has 0 amide bonds. The van der Waals surface area contributed by atoms with Crippen molar-refractivity contribution in [1.82, 2.24) is 15.5 Å². The maximum Gasteiger partial charge on any atom is 0.248 e. The number of nitrogens with one attached hydrogen (secondary N) is 1. The molecule has 20 heavy (non-hydrogen) atoms. The molecule has 0 bridgehead atoms. The monoisotopic (exact) mass is 339 g/mol. The Morgan fingerprint density at radius 2 is 2.15 bits per heavy atom. The molecule has 0 saturated heterocycles. The molecule has 0 fully saturated rings. The largest absolute Gasteiger partial charge is 0.419 e. The third-order valence-corrected chi connectivity index (χ3v) is 3.77. The van der Waals surface area contributed by atoms with Gasteiger partial charge in [-0.25, -0.2) is 0 Å². The highest BCUT2D eigenvalue weighted by molar-refractivity contribution is 9.10. The van der Waals surface area contributed by atoms with Gasteiger partial charge in [-0.1, -0.05) is 19.1 Å². The molecule has 5 nitrogen and oxygen atoms in total. The molecule has 0 radical (unpaired) electrons. The fourth-order valence-corrected chi connectivity index (χ4v) is 2.36. The van der Waals surface area contributed by atoms with E-state index in [0.717, 1.165) is 22.9 Å². The predicted octanol–water partition coefficient (Wildman–Crippen LogP) is 2.75. The molecule has 1 heterocycles. The van der Waals surface area contributed by atoms with Crippen LogP contribution in [-0.2, 0) is 6.54 Å². The molecule has 0 aliphatic carbocycles. The number of halogens is 1. The van der Waals surface area contributed by atoms with Crippen molar-refractivity contribution in [3.05, 3.63) is 34.6 Å². The van der Waals surface area contributed by atoms with Crippen molar-refractivity contribution >= 4 is 15.9 Å². The standard InChI is InChI=1S/C14H18BrN3O2/c1-2-10(7-8-19)16-9-13-17-18-14(20-13)11-5-3-4-6-12(11)15/h3-6,10,16,19H,2,7-9H2,1H3. The summed E-state index contributed by atoms with van der Waals surface area (Å²) < 4.78 is 6.57. The molecule has 0 aliphatic rings. The first-order chi connectivity index (χ1) is 9.74. The van der Waals surface area contributed by atoms with Gasteiger partial charge in [-0.05, 0) is 40.9 Å². The van der Waals surface area contributed by atoms with Crippen molar-refractivity contribution in [2.24, 2.45) is 0 Å². The molecule has 1 aromatic heterocycles. The van der Waals surface area contributed by atoms with Crippen LogP contribution >= 0.6 is 15.9 Å². The summed E-state index contributed by atoms with van der Waals surface area (Å²) in [5, 5.41) is 20.3. The van der Waals surface area contributed by atoms with Gasteiger partial charge in [-0.15, -0.1) is 10.2 Å². The normalized spacial score (nSPS) is 12.6. The fraction of sp³-hybridized carbons (Fsp3) is 0.429. The van der Waals surface area contributed by atoms with E-state index in [2.05, 4.69) is 38.4 Å². The molecule has 0 spiro atoms. The average molecular weight is 340 g/mol. The molecular formula is C14H18BrN3O2. The van der Waals surface area contributed by atoms with E-state index in [-0.39, 0.29) is 12.6 Å². The Kier molecular flexibility index (Phi) is 5.70. The molecule has 1 atom stereocenters. The Morgan fingerprint density at radius 3 is 2.85 bits per heavy atom. The lowest BCUT2D eigenvalue weighted by molar-refractivity contribution is 0.259. The lowest BCUT2D eigenvalue weighted by atomic mass is 10.1. The van der Waals surface area contributed by atoms with Crippen LogP contribution in [0.3, 0.4) is 0 Å². The second kappa shape index (κ2) is 7.52. The molecule has 108 valence electrons. The maximum atomic E-state index is 8.95. The number of hydrogen-bond acceptors (Lipinski definition) is 5. The van der Waals surface area contributed by atoms with Gasteiger partial charge >= 0.3 is 0 Å². The van der Waals surface area contributed by atoms with Gasteiger partial charge < -0.3 is 14.8 Å². The summed E-state index contributed by atoms with van der Waals surface area (Å²) in [5.74, 6) is 1.05. The van der Waals surface area contributed by atoms with E-state index in [0.29, 0.717) is 18.3 Å². The van der Waals surface area contributed by atoms with Crippen molar-refractivity contribution < 1.29 is 9.52 Å². The van der Waals surface area contributed by atoms with Gasteiger partial charge in [0.05, 0.1) is 12.1 Å². The second-order valence-corrected chi connectivity index (χ2v) is 5.33. The molecule has 2 N–H and O–H groups in total. The number of benzene rings is 1. The van der Waals surface area contributed by atoms with Crippen LogP contribution in [-0.4, -0.2) is 28.0 Å². The van der Waals surface area contributed by atoms with Crippen LogP contribution in [0.4, 0.5) is 0 Å². The van der Waals surface area contributed by atoms with Gasteiger partial charge in [0.2, 0.25) is 11.8 Å². The van der Waals surface area contributed by atoms with E-state index in [1.54, 1.807) is 0 Å². The van der Waals surface area contributed by atoms with E-state index in [9.17, 15) is 0 Å². The van der Waals surface area contributed by atoms with Gasteiger partial charge in [-0.2, -0.15) is 0 Å². The highest BCUT2D eigenvalue weighted by Gasteiger charge is 2.12. The van der Waals surface area contributed by atoms with Crippen LogP contribution in [0.1, 0.15) is 25.7 Å². The minimum Gasteiger partial charge on any atom is -0.419 e. The third-order valence-electron chi connectivity index (χ3n) is 3.08. The molecule has 0 aliphatic heterocycles. The van der Waals surface area contributed by atoms with E-state index in [1.165, 1.54) is 0 Å². The lowest BCUT2D eigenvalue weighted by Crippen LogP contribution is -2.28. The maximum absolute atomic E-state index is 8.95. The number of aromatic nitrogens is 2. The van der Waals surface area contributed by atoms with Gasteiger partial charge in [0.25, 0.3) is 0 Å². The van der Waals surface area contributed by atoms with Crippen molar-refractivity contribution in [3.8, 4) is 11.5 Å². The Hall–Kier alpha value is -1.24. The Labute approximate surface area is 126 Å². The molecule has 0 saturated carbocycles. The molecule has 1 aromatic carbocycles. The smallest absolute Gasteiger partial charge is 0.248 e. The SMILES string of the molecule is CCC(CCO)NCc1nnc(-c2ccccc2Br)o1. The number of nitrogens with zero attached hydrogens (tertiary/aromatic N) is 2. The minimum absolute atomic E-state index is 0.178. The van der Waals surface area contributed by atoms with E-state index >= 15 is 0 Å². The number of rotatable bonds is 7. The summed E-state index contributed by atoms with van der Waals surface area (Å²) in [4.78, 5) is 0. The zero-order valence-corrected chi connectivity index (χ0v) is 12.9. The van der Waals surface area contributed by atoms with Gasteiger partial charge in [0.15, 0.2) is 0 Å². The zero-order chi connectivity index (χ0) is 14.4. The summed E-state index contributed by atoms with van der Waals surface area (Å²) >= 11 is 3.47. The minimum atomic E-state index is 0.178. The van der Waals surface area contributed by atoms with Crippen LogP contribution in [0, 0.1) is 0 Å². The van der Waals surface area contributed by atoms with Gasteiger partial charge in [-0.3, -0.25) is 0 Å². The summed E-state index contributed by atoms with van der Waals surface area (Å²) in [6, 6.07) is 7.99. The lowest BCUT2D eigenvalue weighted by Gasteiger charge is -2.13. The van der Waals surface area contributed by atoms with E-state index in [4.69, 9.17) is 9.52 Å². The van der Waals surface area contributed by atoms with Crippen LogP contribution in [0.5, 0.6) is 0 Å². The first-order valence-electron chi connectivity index (χ1n) is 6.66. The summed E-state index contributed by atoms with van der Waals surface area (Å²) in [6.07, 6.45) is 1.67.